The number of carboxylic acid groups (broad SMARTS) is 1. The van der Waals surface area contributed by atoms with E-state index >= 15 is 0 Å². The largest absolute Gasteiger partial charge is 0.486 e. The highest BCUT2D eigenvalue weighted by molar-refractivity contribution is 5.75. The summed E-state index contributed by atoms with van der Waals surface area (Å²) in [5.41, 5.74) is 5.72. The lowest BCUT2D eigenvalue weighted by Gasteiger charge is -2.28. The van der Waals surface area contributed by atoms with Gasteiger partial charge in [-0.2, -0.15) is 0 Å². The van der Waals surface area contributed by atoms with E-state index in [1.807, 2.05) is 0 Å². The molecule has 0 spiro atoms. The van der Waals surface area contributed by atoms with E-state index in [1.165, 1.54) is 0 Å². The first kappa shape index (κ1) is 12.7. The summed E-state index contributed by atoms with van der Waals surface area (Å²) in [7, 11) is 0. The van der Waals surface area contributed by atoms with E-state index in [1.54, 1.807) is 32.0 Å². The second-order valence-electron chi connectivity index (χ2n) is 4.91. The quantitative estimate of drug-likeness (QED) is 0.852. The number of nitrogens with two attached hydrogens (primary N) is 1. The van der Waals surface area contributed by atoms with Crippen molar-refractivity contribution in [3.05, 3.63) is 23.8 Å². The van der Waals surface area contributed by atoms with E-state index in [0.717, 1.165) is 5.56 Å². The van der Waals surface area contributed by atoms with Crippen LogP contribution in [0.1, 0.15) is 25.5 Å². The van der Waals surface area contributed by atoms with E-state index in [9.17, 15) is 9.90 Å². The monoisotopic (exact) mass is 251 g/mol. The van der Waals surface area contributed by atoms with Crippen LogP contribution in [0.15, 0.2) is 18.2 Å². The average molecular weight is 251 g/mol. The van der Waals surface area contributed by atoms with Crippen molar-refractivity contribution in [3.63, 3.8) is 0 Å². The molecule has 18 heavy (non-hydrogen) atoms. The fourth-order valence-corrected chi connectivity index (χ4v) is 1.80. The van der Waals surface area contributed by atoms with Gasteiger partial charge in [0.1, 0.15) is 13.2 Å². The van der Waals surface area contributed by atoms with Crippen LogP contribution in [0.5, 0.6) is 11.5 Å². The maximum atomic E-state index is 11.2. The third kappa shape index (κ3) is 2.13. The molecule has 3 N–H and O–H groups in total. The van der Waals surface area contributed by atoms with Crippen LogP contribution in [-0.4, -0.2) is 24.3 Å². The molecular formula is C13H17NO4. The number of aliphatic carboxylic acids is 1. The molecule has 98 valence electrons. The molecule has 0 bridgehead atoms. The van der Waals surface area contributed by atoms with Crippen molar-refractivity contribution in [1.29, 1.82) is 0 Å². The SMILES string of the molecule is CC(C)(C(=O)O)C(N)c1ccc2c(c1)OCCO2. The molecule has 1 aromatic rings. The van der Waals surface area contributed by atoms with Crippen LogP contribution < -0.4 is 15.2 Å². The first-order valence-corrected chi connectivity index (χ1v) is 5.81. The van der Waals surface area contributed by atoms with E-state index in [-0.39, 0.29) is 0 Å². The molecular weight excluding hydrogens is 234 g/mol. The molecule has 0 fully saturated rings. The standard InChI is InChI=1S/C13H17NO4/c1-13(2,12(15)16)11(14)8-3-4-9-10(7-8)18-6-5-17-9/h3-4,7,11H,5-6,14H2,1-2H3,(H,15,16). The molecule has 0 aliphatic carbocycles. The van der Waals surface area contributed by atoms with Gasteiger partial charge in [0.25, 0.3) is 0 Å². The lowest BCUT2D eigenvalue weighted by Crippen LogP contribution is -2.36. The zero-order valence-corrected chi connectivity index (χ0v) is 10.5. The molecule has 0 amide bonds. The van der Waals surface area contributed by atoms with Gasteiger partial charge in [0.15, 0.2) is 11.5 Å². The number of benzene rings is 1. The predicted molar refractivity (Wildman–Crippen MR) is 65.8 cm³/mol. The molecule has 1 aliphatic rings. The van der Waals surface area contributed by atoms with E-state index in [2.05, 4.69) is 0 Å². The van der Waals surface area contributed by atoms with Gasteiger partial charge >= 0.3 is 5.97 Å². The molecule has 0 saturated heterocycles. The summed E-state index contributed by atoms with van der Waals surface area (Å²) in [6, 6.07) is 4.69. The number of carbonyl (C=O) groups is 1. The Morgan fingerprint density at radius 2 is 1.94 bits per heavy atom. The number of carboxylic acids is 1. The lowest BCUT2D eigenvalue weighted by atomic mass is 9.81. The van der Waals surface area contributed by atoms with Crippen molar-refractivity contribution in [2.45, 2.75) is 19.9 Å². The minimum atomic E-state index is -1.04. The molecule has 0 radical (unpaired) electrons. The summed E-state index contributed by atoms with van der Waals surface area (Å²) in [5.74, 6) is 0.366. The van der Waals surface area contributed by atoms with Gasteiger partial charge in [-0.25, -0.2) is 0 Å². The molecule has 1 aliphatic heterocycles. The van der Waals surface area contributed by atoms with E-state index in [4.69, 9.17) is 15.2 Å². The summed E-state index contributed by atoms with van der Waals surface area (Å²) in [6.07, 6.45) is 0. The Kier molecular flexibility index (Phi) is 3.17. The van der Waals surface area contributed by atoms with Crippen LogP contribution in [0.2, 0.25) is 0 Å². The van der Waals surface area contributed by atoms with Gasteiger partial charge in [0, 0.05) is 6.04 Å². The highest BCUT2D eigenvalue weighted by atomic mass is 16.6. The molecule has 0 aromatic heterocycles. The molecule has 2 rings (SSSR count). The molecule has 5 heteroatoms. The van der Waals surface area contributed by atoms with Gasteiger partial charge in [-0.15, -0.1) is 0 Å². The fraction of sp³-hybridized carbons (Fsp3) is 0.462. The van der Waals surface area contributed by atoms with Gasteiger partial charge in [0.05, 0.1) is 5.41 Å². The zero-order valence-electron chi connectivity index (χ0n) is 10.5. The van der Waals surface area contributed by atoms with Gasteiger partial charge in [0.2, 0.25) is 0 Å². The molecule has 1 heterocycles. The van der Waals surface area contributed by atoms with Crippen molar-refractivity contribution in [2.75, 3.05) is 13.2 Å². The van der Waals surface area contributed by atoms with Gasteiger partial charge < -0.3 is 20.3 Å². The first-order valence-electron chi connectivity index (χ1n) is 5.81. The van der Waals surface area contributed by atoms with Gasteiger partial charge in [-0.3, -0.25) is 4.79 Å². The number of hydrogen-bond donors (Lipinski definition) is 2. The first-order chi connectivity index (χ1) is 8.43. The Bertz CT molecular complexity index is 470. The fourth-order valence-electron chi connectivity index (χ4n) is 1.80. The lowest BCUT2D eigenvalue weighted by molar-refractivity contribution is -0.148. The summed E-state index contributed by atoms with van der Waals surface area (Å²) in [6.45, 7) is 4.24. The maximum absolute atomic E-state index is 11.2. The van der Waals surface area contributed by atoms with Crippen molar-refractivity contribution < 1.29 is 19.4 Å². The molecule has 1 unspecified atom stereocenters. The smallest absolute Gasteiger partial charge is 0.311 e. The Labute approximate surface area is 106 Å². The van der Waals surface area contributed by atoms with Crippen LogP contribution in [0, 0.1) is 5.41 Å². The molecule has 1 aromatic carbocycles. The zero-order chi connectivity index (χ0) is 13.3. The van der Waals surface area contributed by atoms with Gasteiger partial charge in [-0.05, 0) is 31.5 Å². The maximum Gasteiger partial charge on any atom is 0.311 e. The van der Waals surface area contributed by atoms with Crippen molar-refractivity contribution in [3.8, 4) is 11.5 Å². The van der Waals surface area contributed by atoms with E-state index in [0.29, 0.717) is 24.7 Å². The van der Waals surface area contributed by atoms with Crippen molar-refractivity contribution in [2.24, 2.45) is 11.1 Å². The summed E-state index contributed by atoms with van der Waals surface area (Å²) in [5, 5.41) is 9.18. The van der Waals surface area contributed by atoms with Crippen molar-refractivity contribution in [1.82, 2.24) is 0 Å². The van der Waals surface area contributed by atoms with Crippen LogP contribution in [-0.2, 0) is 4.79 Å². The number of rotatable bonds is 3. The minimum Gasteiger partial charge on any atom is -0.486 e. The molecule has 1 atom stereocenters. The summed E-state index contributed by atoms with van der Waals surface area (Å²) in [4.78, 5) is 11.2. The van der Waals surface area contributed by atoms with Crippen LogP contribution >= 0.6 is 0 Å². The third-order valence-corrected chi connectivity index (χ3v) is 3.25. The number of hydrogen-bond acceptors (Lipinski definition) is 4. The molecule has 0 saturated carbocycles. The summed E-state index contributed by atoms with van der Waals surface area (Å²) >= 11 is 0. The number of fused-ring (bicyclic) bond motifs is 1. The second-order valence-corrected chi connectivity index (χ2v) is 4.91. The summed E-state index contributed by atoms with van der Waals surface area (Å²) < 4.78 is 10.9. The Balaban J connectivity index is 2.31. The number of ether oxygens (including phenoxy) is 2. The van der Waals surface area contributed by atoms with Gasteiger partial charge in [-0.1, -0.05) is 6.07 Å². The highest BCUT2D eigenvalue weighted by Gasteiger charge is 2.35. The normalized spacial score (nSPS) is 16.2. The Morgan fingerprint density at radius 3 is 2.56 bits per heavy atom. The predicted octanol–water partition coefficient (Wildman–Crippen LogP) is 1.57. The average Bonchev–Trinajstić information content (AvgIpc) is 2.37. The van der Waals surface area contributed by atoms with Crippen LogP contribution in [0.4, 0.5) is 0 Å². The molecule has 5 nitrogen and oxygen atoms in total. The van der Waals surface area contributed by atoms with Crippen molar-refractivity contribution >= 4 is 5.97 Å². The highest BCUT2D eigenvalue weighted by Crippen LogP contribution is 2.37. The minimum absolute atomic E-state index is 0.494. The topological polar surface area (TPSA) is 81.8 Å². The van der Waals surface area contributed by atoms with Crippen LogP contribution in [0.25, 0.3) is 0 Å². The third-order valence-electron chi connectivity index (χ3n) is 3.25. The Morgan fingerprint density at radius 1 is 1.33 bits per heavy atom. The second kappa shape index (κ2) is 4.49. The van der Waals surface area contributed by atoms with Crippen LogP contribution in [0.3, 0.4) is 0 Å². The van der Waals surface area contributed by atoms with E-state index < -0.39 is 17.4 Å². The Hall–Kier alpha value is -1.75.